The van der Waals surface area contributed by atoms with Crippen LogP contribution in [0, 0.1) is 5.92 Å². The van der Waals surface area contributed by atoms with E-state index in [-0.39, 0.29) is 12.1 Å². The summed E-state index contributed by atoms with van der Waals surface area (Å²) in [6.45, 7) is 4.30. The Hall–Kier alpha value is -0.530. The van der Waals surface area contributed by atoms with Gasteiger partial charge in [0.25, 0.3) is 0 Å². The van der Waals surface area contributed by atoms with E-state index in [9.17, 15) is 4.79 Å². The Morgan fingerprint density at radius 2 is 2.00 bits per heavy atom. The zero-order valence-corrected chi connectivity index (χ0v) is 10.1. The largest absolute Gasteiger partial charge is 0.462 e. The Balaban J connectivity index is 2.30. The topological polar surface area (TPSA) is 26.3 Å². The van der Waals surface area contributed by atoms with Crippen molar-refractivity contribution in [1.82, 2.24) is 0 Å². The molecule has 2 unspecified atom stereocenters. The van der Waals surface area contributed by atoms with Crippen LogP contribution in [-0.2, 0) is 9.53 Å². The lowest BCUT2D eigenvalue weighted by Crippen LogP contribution is -2.29. The highest BCUT2D eigenvalue weighted by Gasteiger charge is 2.26. The molecule has 2 heteroatoms. The van der Waals surface area contributed by atoms with Gasteiger partial charge in [0.15, 0.2) is 0 Å². The molecule has 0 radical (unpaired) electrons. The summed E-state index contributed by atoms with van der Waals surface area (Å²) >= 11 is 0. The summed E-state index contributed by atoms with van der Waals surface area (Å²) < 4.78 is 5.56. The summed E-state index contributed by atoms with van der Waals surface area (Å²) in [5, 5.41) is 0. The van der Waals surface area contributed by atoms with E-state index in [1.807, 2.05) is 0 Å². The first kappa shape index (κ1) is 12.5. The monoisotopic (exact) mass is 212 g/mol. The van der Waals surface area contributed by atoms with E-state index < -0.39 is 0 Å². The number of hydrogen-bond acceptors (Lipinski definition) is 2. The molecule has 0 spiro atoms. The summed E-state index contributed by atoms with van der Waals surface area (Å²) in [7, 11) is 0. The van der Waals surface area contributed by atoms with Crippen molar-refractivity contribution in [2.24, 2.45) is 5.92 Å². The molecule has 0 amide bonds. The zero-order valence-electron chi connectivity index (χ0n) is 10.1. The fourth-order valence-electron chi connectivity index (χ4n) is 2.34. The van der Waals surface area contributed by atoms with Gasteiger partial charge in [-0.15, -0.1) is 0 Å². The van der Waals surface area contributed by atoms with Crippen molar-refractivity contribution in [3.63, 3.8) is 0 Å². The van der Waals surface area contributed by atoms with Crippen LogP contribution in [0.5, 0.6) is 0 Å². The minimum Gasteiger partial charge on any atom is -0.462 e. The summed E-state index contributed by atoms with van der Waals surface area (Å²) in [4.78, 5) is 11.5. The number of carbonyl (C=O) groups is 1. The van der Waals surface area contributed by atoms with E-state index in [2.05, 4.69) is 13.8 Å². The quantitative estimate of drug-likeness (QED) is 0.650. The first-order valence-electron chi connectivity index (χ1n) is 6.47. The maximum atomic E-state index is 11.5. The second-order valence-corrected chi connectivity index (χ2v) is 4.58. The molecule has 1 aliphatic carbocycles. The molecule has 0 aliphatic heterocycles. The molecule has 2 atom stereocenters. The van der Waals surface area contributed by atoms with E-state index in [0.717, 1.165) is 25.7 Å². The van der Waals surface area contributed by atoms with Crippen LogP contribution < -0.4 is 0 Å². The fraction of sp³-hybridized carbons (Fsp3) is 0.923. The Morgan fingerprint density at radius 3 is 2.67 bits per heavy atom. The van der Waals surface area contributed by atoms with Crippen molar-refractivity contribution in [1.29, 1.82) is 0 Å². The molecule has 0 bridgehead atoms. The Kier molecular flexibility index (Phi) is 5.74. The van der Waals surface area contributed by atoms with Crippen LogP contribution in [-0.4, -0.2) is 12.1 Å². The molecular weight excluding hydrogens is 188 g/mol. The third-order valence-corrected chi connectivity index (χ3v) is 3.38. The van der Waals surface area contributed by atoms with Crippen LogP contribution in [0.2, 0.25) is 0 Å². The number of hydrogen-bond donors (Lipinski definition) is 0. The summed E-state index contributed by atoms with van der Waals surface area (Å²) in [5.74, 6) is 0.631. The predicted octanol–water partition coefficient (Wildman–Crippen LogP) is 3.69. The van der Waals surface area contributed by atoms with Crippen molar-refractivity contribution in [3.8, 4) is 0 Å². The van der Waals surface area contributed by atoms with Gasteiger partial charge in [-0.3, -0.25) is 4.79 Å². The summed E-state index contributed by atoms with van der Waals surface area (Å²) in [6, 6.07) is 0. The van der Waals surface area contributed by atoms with Gasteiger partial charge >= 0.3 is 5.97 Å². The zero-order chi connectivity index (χ0) is 11.1. The lowest BCUT2D eigenvalue weighted by Gasteiger charge is -2.30. The van der Waals surface area contributed by atoms with Crippen LogP contribution in [0.1, 0.15) is 65.2 Å². The Labute approximate surface area is 93.4 Å². The average Bonchev–Trinajstić information content (AvgIpc) is 2.27. The van der Waals surface area contributed by atoms with Crippen LogP contribution in [0.25, 0.3) is 0 Å². The van der Waals surface area contributed by atoms with Crippen molar-refractivity contribution in [3.05, 3.63) is 0 Å². The van der Waals surface area contributed by atoms with Gasteiger partial charge in [-0.2, -0.15) is 0 Å². The average molecular weight is 212 g/mol. The normalized spacial score (nSPS) is 26.3. The Morgan fingerprint density at radius 1 is 1.27 bits per heavy atom. The third kappa shape index (κ3) is 4.23. The lowest BCUT2D eigenvalue weighted by molar-refractivity contribution is -0.153. The first-order valence-corrected chi connectivity index (χ1v) is 6.47. The SMILES string of the molecule is CCCCC(=O)OC1CCCCC1CC. The van der Waals surface area contributed by atoms with Gasteiger partial charge in [0.2, 0.25) is 0 Å². The highest BCUT2D eigenvalue weighted by atomic mass is 16.5. The van der Waals surface area contributed by atoms with Crippen LogP contribution in [0.3, 0.4) is 0 Å². The molecule has 0 aromatic rings. The van der Waals surface area contributed by atoms with Gasteiger partial charge in [0, 0.05) is 6.42 Å². The molecule has 1 fully saturated rings. The molecule has 1 rings (SSSR count). The second kappa shape index (κ2) is 6.86. The molecule has 15 heavy (non-hydrogen) atoms. The fourth-order valence-corrected chi connectivity index (χ4v) is 2.34. The molecule has 0 aromatic carbocycles. The van der Waals surface area contributed by atoms with Gasteiger partial charge in [-0.25, -0.2) is 0 Å². The maximum absolute atomic E-state index is 11.5. The van der Waals surface area contributed by atoms with Gasteiger partial charge in [-0.1, -0.05) is 26.7 Å². The molecule has 2 nitrogen and oxygen atoms in total. The predicted molar refractivity (Wildman–Crippen MR) is 61.7 cm³/mol. The second-order valence-electron chi connectivity index (χ2n) is 4.58. The van der Waals surface area contributed by atoms with Crippen molar-refractivity contribution in [2.75, 3.05) is 0 Å². The minimum absolute atomic E-state index is 0.0159. The van der Waals surface area contributed by atoms with E-state index in [4.69, 9.17) is 4.74 Å². The van der Waals surface area contributed by atoms with Crippen molar-refractivity contribution in [2.45, 2.75) is 71.3 Å². The van der Waals surface area contributed by atoms with E-state index in [1.54, 1.807) is 0 Å². The van der Waals surface area contributed by atoms with E-state index in [1.165, 1.54) is 19.3 Å². The molecule has 0 heterocycles. The van der Waals surface area contributed by atoms with Crippen LogP contribution in [0.15, 0.2) is 0 Å². The molecule has 0 aromatic heterocycles. The number of unbranched alkanes of at least 4 members (excludes halogenated alkanes) is 1. The van der Waals surface area contributed by atoms with E-state index >= 15 is 0 Å². The molecule has 1 aliphatic rings. The highest BCUT2D eigenvalue weighted by Crippen LogP contribution is 2.29. The Bertz CT molecular complexity index is 189. The van der Waals surface area contributed by atoms with E-state index in [0.29, 0.717) is 12.3 Å². The lowest BCUT2D eigenvalue weighted by atomic mass is 9.85. The molecule has 88 valence electrons. The van der Waals surface area contributed by atoms with Gasteiger partial charge in [0.05, 0.1) is 0 Å². The summed E-state index contributed by atoms with van der Waals surface area (Å²) in [6.07, 6.45) is 8.84. The number of esters is 1. The van der Waals surface area contributed by atoms with Crippen molar-refractivity contribution < 1.29 is 9.53 Å². The van der Waals surface area contributed by atoms with Crippen molar-refractivity contribution >= 4 is 5.97 Å². The standard InChI is InChI=1S/C13H24O2/c1-3-5-10-13(14)15-12-9-7-6-8-11(12)4-2/h11-12H,3-10H2,1-2H3. The maximum Gasteiger partial charge on any atom is 0.306 e. The van der Waals surface area contributed by atoms with Crippen LogP contribution >= 0.6 is 0 Å². The first-order chi connectivity index (χ1) is 7.27. The number of rotatable bonds is 5. The number of carbonyl (C=O) groups excluding carboxylic acids is 1. The minimum atomic E-state index is 0.0159. The third-order valence-electron chi connectivity index (χ3n) is 3.38. The summed E-state index contributed by atoms with van der Waals surface area (Å²) in [5.41, 5.74) is 0. The van der Waals surface area contributed by atoms with Gasteiger partial charge in [-0.05, 0) is 38.0 Å². The molecule has 0 saturated heterocycles. The highest BCUT2D eigenvalue weighted by molar-refractivity contribution is 5.69. The van der Waals surface area contributed by atoms with Crippen LogP contribution in [0.4, 0.5) is 0 Å². The smallest absolute Gasteiger partial charge is 0.306 e. The molecule has 1 saturated carbocycles. The molecular formula is C13H24O2. The van der Waals surface area contributed by atoms with Gasteiger partial charge in [0.1, 0.15) is 6.10 Å². The number of ether oxygens (including phenoxy) is 1. The van der Waals surface area contributed by atoms with Gasteiger partial charge < -0.3 is 4.74 Å². The molecule has 0 N–H and O–H groups in total.